The summed E-state index contributed by atoms with van der Waals surface area (Å²) in [7, 11) is 0. The zero-order chi connectivity index (χ0) is 26.3. The number of ether oxygens (including phenoxy) is 1. The number of benzene rings is 1. The molecule has 3 atom stereocenters. The van der Waals surface area contributed by atoms with Gasteiger partial charge in [-0.1, -0.05) is 50.2 Å². The van der Waals surface area contributed by atoms with Crippen molar-refractivity contribution in [2.45, 2.75) is 77.6 Å². The molecule has 194 valence electrons. The van der Waals surface area contributed by atoms with Crippen LogP contribution >= 0.6 is 0 Å². The van der Waals surface area contributed by atoms with Crippen LogP contribution in [0.25, 0.3) is 0 Å². The van der Waals surface area contributed by atoms with Crippen LogP contribution in [0.3, 0.4) is 0 Å². The molecule has 1 fully saturated rings. The van der Waals surface area contributed by atoms with Crippen LogP contribution in [-0.2, 0) is 20.7 Å². The van der Waals surface area contributed by atoms with Crippen LogP contribution in [0.15, 0.2) is 54.7 Å². The molecule has 1 aliphatic heterocycles. The number of rotatable bonds is 8. The van der Waals surface area contributed by atoms with Crippen LogP contribution in [0.5, 0.6) is 0 Å². The first-order valence-corrected chi connectivity index (χ1v) is 12.6. The number of pyridine rings is 1. The van der Waals surface area contributed by atoms with Crippen molar-refractivity contribution in [2.75, 3.05) is 6.54 Å². The molecule has 2 N–H and O–H groups in total. The molecular formula is C28H38N4O4. The van der Waals surface area contributed by atoms with E-state index in [1.807, 2.05) is 62.4 Å². The highest BCUT2D eigenvalue weighted by atomic mass is 16.6. The van der Waals surface area contributed by atoms with Crippen LogP contribution < -0.4 is 10.6 Å². The minimum Gasteiger partial charge on any atom is -0.444 e. The number of likely N-dealkylation sites (tertiary alicyclic amines) is 1. The van der Waals surface area contributed by atoms with E-state index in [9.17, 15) is 14.4 Å². The third-order valence-electron chi connectivity index (χ3n) is 6.10. The Kier molecular flexibility index (Phi) is 9.07. The lowest BCUT2D eigenvalue weighted by molar-refractivity contribution is -0.141. The second kappa shape index (κ2) is 12.0. The molecule has 0 unspecified atom stereocenters. The molecular weight excluding hydrogens is 456 g/mol. The summed E-state index contributed by atoms with van der Waals surface area (Å²) in [6.07, 6.45) is 2.91. The van der Waals surface area contributed by atoms with Crippen molar-refractivity contribution in [1.29, 1.82) is 0 Å². The molecule has 0 aliphatic carbocycles. The highest BCUT2D eigenvalue weighted by Gasteiger charge is 2.39. The van der Waals surface area contributed by atoms with Gasteiger partial charge in [0.05, 0.1) is 6.04 Å². The molecule has 2 heterocycles. The quantitative estimate of drug-likeness (QED) is 0.577. The number of carbonyl (C=O) groups excluding carboxylic acids is 3. The van der Waals surface area contributed by atoms with E-state index in [1.54, 1.807) is 31.9 Å². The summed E-state index contributed by atoms with van der Waals surface area (Å²) in [5.41, 5.74) is 1.16. The van der Waals surface area contributed by atoms with Crippen molar-refractivity contribution < 1.29 is 19.1 Å². The number of nitrogens with zero attached hydrogens (tertiary/aromatic N) is 2. The fraction of sp³-hybridized carbons (Fsp3) is 0.500. The van der Waals surface area contributed by atoms with Crippen molar-refractivity contribution in [3.05, 3.63) is 66.0 Å². The Morgan fingerprint density at radius 2 is 1.75 bits per heavy atom. The Morgan fingerprint density at radius 1 is 1.06 bits per heavy atom. The van der Waals surface area contributed by atoms with Gasteiger partial charge in [0.25, 0.3) is 0 Å². The number of hydrogen-bond acceptors (Lipinski definition) is 5. The van der Waals surface area contributed by atoms with E-state index in [-0.39, 0.29) is 23.8 Å². The van der Waals surface area contributed by atoms with Crippen LogP contribution in [0.4, 0.5) is 4.79 Å². The maximum Gasteiger partial charge on any atom is 0.408 e. The van der Waals surface area contributed by atoms with Gasteiger partial charge in [0, 0.05) is 24.9 Å². The minimum absolute atomic E-state index is 0.171. The van der Waals surface area contributed by atoms with E-state index in [1.165, 1.54) is 0 Å². The summed E-state index contributed by atoms with van der Waals surface area (Å²) in [4.78, 5) is 45.4. The third kappa shape index (κ3) is 7.54. The maximum atomic E-state index is 13.5. The summed E-state index contributed by atoms with van der Waals surface area (Å²) < 4.78 is 5.36. The average molecular weight is 495 g/mol. The normalized spacial score (nSPS) is 17.4. The molecule has 0 radical (unpaired) electrons. The number of nitrogens with one attached hydrogen (secondary N) is 2. The van der Waals surface area contributed by atoms with Crippen molar-refractivity contribution in [3.8, 4) is 0 Å². The number of alkyl carbamates (subject to hydrolysis) is 1. The Labute approximate surface area is 213 Å². The van der Waals surface area contributed by atoms with Gasteiger partial charge in [-0.05, 0) is 57.2 Å². The smallest absolute Gasteiger partial charge is 0.408 e. The summed E-state index contributed by atoms with van der Waals surface area (Å²) in [5, 5.41) is 5.88. The number of hydrogen-bond donors (Lipinski definition) is 2. The third-order valence-corrected chi connectivity index (χ3v) is 6.10. The molecule has 0 bridgehead atoms. The Balaban J connectivity index is 1.74. The summed E-state index contributed by atoms with van der Waals surface area (Å²) in [6.45, 7) is 9.51. The van der Waals surface area contributed by atoms with Gasteiger partial charge in [-0.15, -0.1) is 0 Å². The summed E-state index contributed by atoms with van der Waals surface area (Å²) >= 11 is 0. The first-order valence-electron chi connectivity index (χ1n) is 12.6. The van der Waals surface area contributed by atoms with E-state index < -0.39 is 23.8 Å². The minimum atomic E-state index is -0.785. The standard InChI is InChI=1S/C28H38N4O4/c1-19(2)24(31-27(35)36-28(3,4)5)26(34)32-17-11-15-23(32)25(33)30-22(20-12-7-6-8-13-20)18-21-14-9-10-16-29-21/h6-10,12-14,16,19,22-24H,11,15,17-18H2,1-5H3,(H,30,33)(H,31,35)/t22-,23-,24-/m0/s1. The fourth-order valence-corrected chi connectivity index (χ4v) is 4.36. The molecule has 3 amide bonds. The van der Waals surface area contributed by atoms with E-state index in [2.05, 4.69) is 15.6 Å². The largest absolute Gasteiger partial charge is 0.444 e. The zero-order valence-corrected chi connectivity index (χ0v) is 21.9. The Bertz CT molecular complexity index is 1020. The van der Waals surface area contributed by atoms with Gasteiger partial charge in [0.1, 0.15) is 17.7 Å². The van der Waals surface area contributed by atoms with Crippen molar-refractivity contribution in [2.24, 2.45) is 5.92 Å². The van der Waals surface area contributed by atoms with Gasteiger partial charge in [0.15, 0.2) is 0 Å². The molecule has 8 heteroatoms. The fourth-order valence-electron chi connectivity index (χ4n) is 4.36. The van der Waals surface area contributed by atoms with Crippen LogP contribution in [-0.4, -0.2) is 52.0 Å². The zero-order valence-electron chi connectivity index (χ0n) is 21.9. The molecule has 0 spiro atoms. The Hall–Kier alpha value is -3.42. The number of aromatic nitrogens is 1. The maximum absolute atomic E-state index is 13.5. The van der Waals surface area contributed by atoms with Crippen molar-refractivity contribution >= 4 is 17.9 Å². The molecule has 2 aromatic rings. The van der Waals surface area contributed by atoms with Gasteiger partial charge >= 0.3 is 6.09 Å². The van der Waals surface area contributed by atoms with E-state index in [4.69, 9.17) is 4.74 Å². The average Bonchev–Trinajstić information content (AvgIpc) is 3.32. The summed E-state index contributed by atoms with van der Waals surface area (Å²) in [6, 6.07) is 13.8. The molecule has 1 aromatic heterocycles. The molecule has 1 aliphatic rings. The molecule has 0 saturated carbocycles. The van der Waals surface area contributed by atoms with Crippen molar-refractivity contribution in [1.82, 2.24) is 20.5 Å². The second-order valence-electron chi connectivity index (χ2n) is 10.6. The van der Waals surface area contributed by atoms with E-state index >= 15 is 0 Å². The topological polar surface area (TPSA) is 101 Å². The number of amides is 3. The molecule has 3 rings (SSSR count). The lowest BCUT2D eigenvalue weighted by Crippen LogP contribution is -2.56. The number of carbonyl (C=O) groups is 3. The van der Waals surface area contributed by atoms with Gasteiger partial charge in [0.2, 0.25) is 11.8 Å². The van der Waals surface area contributed by atoms with Crippen molar-refractivity contribution in [3.63, 3.8) is 0 Å². The second-order valence-corrected chi connectivity index (χ2v) is 10.6. The Morgan fingerprint density at radius 3 is 2.36 bits per heavy atom. The molecule has 1 saturated heterocycles. The molecule has 36 heavy (non-hydrogen) atoms. The van der Waals surface area contributed by atoms with Gasteiger partial charge < -0.3 is 20.3 Å². The van der Waals surface area contributed by atoms with Crippen LogP contribution in [0.2, 0.25) is 0 Å². The van der Waals surface area contributed by atoms with Gasteiger partial charge in [-0.25, -0.2) is 4.79 Å². The summed E-state index contributed by atoms with van der Waals surface area (Å²) in [5.74, 6) is -0.643. The monoisotopic (exact) mass is 494 g/mol. The highest BCUT2D eigenvalue weighted by Crippen LogP contribution is 2.23. The predicted octanol–water partition coefficient (Wildman–Crippen LogP) is 4.02. The van der Waals surface area contributed by atoms with E-state index in [0.717, 1.165) is 17.7 Å². The SMILES string of the molecule is CC(C)[C@H](NC(=O)OC(C)(C)C)C(=O)N1CCC[C@H]1C(=O)N[C@@H](Cc1ccccn1)c1ccccc1. The van der Waals surface area contributed by atoms with Crippen LogP contribution in [0, 0.1) is 5.92 Å². The van der Waals surface area contributed by atoms with Crippen LogP contribution in [0.1, 0.15) is 64.8 Å². The highest BCUT2D eigenvalue weighted by molar-refractivity contribution is 5.92. The van der Waals surface area contributed by atoms with Gasteiger partial charge in [-0.3, -0.25) is 14.6 Å². The molecule has 8 nitrogen and oxygen atoms in total. The predicted molar refractivity (Wildman–Crippen MR) is 138 cm³/mol. The first-order chi connectivity index (χ1) is 17.0. The first kappa shape index (κ1) is 27.2. The lowest BCUT2D eigenvalue weighted by atomic mass is 10.00. The van der Waals surface area contributed by atoms with E-state index in [0.29, 0.717) is 19.4 Å². The molecule has 1 aromatic carbocycles. The van der Waals surface area contributed by atoms with Gasteiger partial charge in [-0.2, -0.15) is 0 Å². The lowest BCUT2D eigenvalue weighted by Gasteiger charge is -2.32.